The van der Waals surface area contributed by atoms with E-state index in [9.17, 15) is 14.4 Å². The van der Waals surface area contributed by atoms with Crippen LogP contribution >= 0.6 is 0 Å². The molecule has 0 bridgehead atoms. The van der Waals surface area contributed by atoms with Gasteiger partial charge in [0.1, 0.15) is 13.2 Å². The summed E-state index contributed by atoms with van der Waals surface area (Å²) in [4.78, 5) is 33.4. The fraction of sp³-hybridized carbons (Fsp3) is 0.914. The lowest BCUT2D eigenvalue weighted by Crippen LogP contribution is -2.16. The van der Waals surface area contributed by atoms with Crippen LogP contribution < -0.4 is 0 Å². The summed E-state index contributed by atoms with van der Waals surface area (Å²) in [5, 5.41) is 8.55. The molecule has 0 saturated carbocycles. The molecule has 0 spiro atoms. The van der Waals surface area contributed by atoms with Crippen molar-refractivity contribution < 1.29 is 76.3 Å². The van der Waals surface area contributed by atoms with Crippen LogP contribution in [-0.2, 0) is 71.2 Å². The Kier molecular flexibility index (Phi) is 40.8. The summed E-state index contributed by atoms with van der Waals surface area (Å²) in [6, 6.07) is 0. The Morgan fingerprint density at radius 2 is 0.569 bits per heavy atom. The van der Waals surface area contributed by atoms with Crippen LogP contribution in [0.25, 0.3) is 0 Å². The van der Waals surface area contributed by atoms with E-state index >= 15 is 0 Å². The predicted molar refractivity (Wildman–Crippen MR) is 185 cm³/mol. The zero-order valence-corrected chi connectivity index (χ0v) is 31.0. The minimum Gasteiger partial charge on any atom is -0.481 e. The van der Waals surface area contributed by atoms with Gasteiger partial charge in [-0.3, -0.25) is 14.4 Å². The maximum atomic E-state index is 11.5. The maximum absolute atomic E-state index is 11.5. The molecule has 0 radical (unpaired) electrons. The molecule has 0 aliphatic carbocycles. The van der Waals surface area contributed by atoms with Crippen LogP contribution in [0.3, 0.4) is 0 Å². The van der Waals surface area contributed by atoms with E-state index in [-0.39, 0.29) is 44.6 Å². The van der Waals surface area contributed by atoms with E-state index in [2.05, 4.69) is 6.92 Å². The van der Waals surface area contributed by atoms with Crippen molar-refractivity contribution in [1.82, 2.24) is 0 Å². The van der Waals surface area contributed by atoms with Gasteiger partial charge in [0.25, 0.3) is 0 Å². The molecule has 51 heavy (non-hydrogen) atoms. The van der Waals surface area contributed by atoms with Crippen LogP contribution in [0.2, 0.25) is 0 Å². The molecule has 0 aliphatic heterocycles. The van der Waals surface area contributed by atoms with Gasteiger partial charge in [0.2, 0.25) is 0 Å². The molecule has 1 N–H and O–H groups in total. The Morgan fingerprint density at radius 3 is 0.824 bits per heavy atom. The van der Waals surface area contributed by atoms with Gasteiger partial charge in [-0.1, -0.05) is 26.2 Å². The van der Waals surface area contributed by atoms with Crippen molar-refractivity contribution in [1.29, 1.82) is 0 Å². The van der Waals surface area contributed by atoms with Crippen LogP contribution in [0.1, 0.15) is 64.7 Å². The summed E-state index contributed by atoms with van der Waals surface area (Å²) in [6.45, 7) is 11.5. The summed E-state index contributed by atoms with van der Waals surface area (Å²) in [6.07, 6.45) is 5.95. The van der Waals surface area contributed by atoms with Crippen molar-refractivity contribution in [3.63, 3.8) is 0 Å². The molecule has 0 aromatic heterocycles. The summed E-state index contributed by atoms with van der Waals surface area (Å²) in [5.41, 5.74) is 0. The van der Waals surface area contributed by atoms with Gasteiger partial charge in [-0.25, -0.2) is 0 Å². The predicted octanol–water partition coefficient (Wildman–Crippen LogP) is 2.85. The molecular formula is C35H66O16. The number of aliphatic carboxylic acids is 1. The molecule has 0 aromatic rings. The van der Waals surface area contributed by atoms with Gasteiger partial charge >= 0.3 is 17.9 Å². The van der Waals surface area contributed by atoms with Gasteiger partial charge in [0, 0.05) is 19.3 Å². The number of hydrogen-bond acceptors (Lipinski definition) is 15. The molecule has 302 valence electrons. The second kappa shape index (κ2) is 42.4. The Bertz CT molecular complexity index is 757. The SMILES string of the molecule is CCCCCCC(=O)OCCOCCOCCOCCOCCOCCOCCOCCOCCOCCOCCOC(=O)CCCCC(=O)O. The number of unbranched alkanes of at least 4 members (excludes halogenated alkanes) is 4. The number of ether oxygens (including phenoxy) is 12. The lowest BCUT2D eigenvalue weighted by Gasteiger charge is -2.09. The van der Waals surface area contributed by atoms with Crippen molar-refractivity contribution in [2.45, 2.75) is 64.7 Å². The normalized spacial score (nSPS) is 11.2. The number of carbonyl (C=O) groups excluding carboxylic acids is 2. The number of rotatable bonds is 43. The summed E-state index contributed by atoms with van der Waals surface area (Å²) in [7, 11) is 0. The molecule has 0 aliphatic rings. The number of carboxylic acids is 1. The average Bonchev–Trinajstić information content (AvgIpc) is 3.12. The largest absolute Gasteiger partial charge is 0.481 e. The fourth-order valence-electron chi connectivity index (χ4n) is 3.90. The first-order chi connectivity index (χ1) is 25.1. The van der Waals surface area contributed by atoms with Crippen LogP contribution in [0, 0.1) is 0 Å². The van der Waals surface area contributed by atoms with Gasteiger partial charge < -0.3 is 61.9 Å². The first-order valence-electron chi connectivity index (χ1n) is 18.4. The highest BCUT2D eigenvalue weighted by molar-refractivity contribution is 5.70. The van der Waals surface area contributed by atoms with E-state index < -0.39 is 5.97 Å². The number of esters is 2. The Morgan fingerprint density at radius 1 is 0.333 bits per heavy atom. The third-order valence-corrected chi connectivity index (χ3v) is 6.59. The fourth-order valence-corrected chi connectivity index (χ4v) is 3.90. The van der Waals surface area contributed by atoms with Crippen LogP contribution in [0.5, 0.6) is 0 Å². The highest BCUT2D eigenvalue weighted by Gasteiger charge is 2.05. The molecule has 0 aromatic carbocycles. The van der Waals surface area contributed by atoms with Gasteiger partial charge in [0.05, 0.1) is 132 Å². The first kappa shape index (κ1) is 49.0. The number of carbonyl (C=O) groups is 3. The molecule has 0 atom stereocenters. The molecule has 0 heterocycles. The van der Waals surface area contributed by atoms with Gasteiger partial charge in [-0.15, -0.1) is 0 Å². The van der Waals surface area contributed by atoms with E-state index in [4.69, 9.17) is 61.9 Å². The standard InChI is InChI=1S/C35H66O16/c1-2-3-4-5-9-34(38)50-31-29-48-27-25-46-23-21-44-19-17-42-15-13-40-11-12-41-14-16-43-18-20-45-22-24-47-26-28-49-30-32-51-35(39)10-7-6-8-33(36)37/h2-32H2,1H3,(H,36,37). The topological polar surface area (TPSA) is 182 Å². The van der Waals surface area contributed by atoms with Gasteiger partial charge in [-0.05, 0) is 19.3 Å². The zero-order chi connectivity index (χ0) is 37.1. The van der Waals surface area contributed by atoms with Crippen molar-refractivity contribution in [2.24, 2.45) is 0 Å². The third-order valence-electron chi connectivity index (χ3n) is 6.59. The van der Waals surface area contributed by atoms with Gasteiger partial charge in [0.15, 0.2) is 0 Å². The van der Waals surface area contributed by atoms with E-state index in [1.54, 1.807) is 0 Å². The highest BCUT2D eigenvalue weighted by Crippen LogP contribution is 2.03. The summed E-state index contributed by atoms with van der Waals surface area (Å²) >= 11 is 0. The molecule has 0 rings (SSSR count). The maximum Gasteiger partial charge on any atom is 0.305 e. The van der Waals surface area contributed by atoms with E-state index in [0.29, 0.717) is 145 Å². The van der Waals surface area contributed by atoms with Crippen LogP contribution in [0.4, 0.5) is 0 Å². The Labute approximate surface area is 304 Å². The summed E-state index contributed by atoms with van der Waals surface area (Å²) in [5.74, 6) is -1.38. The third kappa shape index (κ3) is 44.1. The van der Waals surface area contributed by atoms with Crippen molar-refractivity contribution in [2.75, 3.05) is 145 Å². The second-order valence-electron chi connectivity index (χ2n) is 11.0. The first-order valence-corrected chi connectivity index (χ1v) is 18.4. The summed E-state index contributed by atoms with van der Waals surface area (Å²) < 4.78 is 64.5. The van der Waals surface area contributed by atoms with Crippen LogP contribution in [-0.4, -0.2) is 168 Å². The Balaban J connectivity index is 3.13. The monoisotopic (exact) mass is 742 g/mol. The molecule has 16 nitrogen and oxygen atoms in total. The van der Waals surface area contributed by atoms with Gasteiger partial charge in [-0.2, -0.15) is 0 Å². The molecule has 0 unspecified atom stereocenters. The number of hydrogen-bond donors (Lipinski definition) is 1. The molecule has 0 amide bonds. The van der Waals surface area contributed by atoms with Crippen molar-refractivity contribution in [3.8, 4) is 0 Å². The van der Waals surface area contributed by atoms with Crippen molar-refractivity contribution >= 4 is 17.9 Å². The molecule has 0 saturated heterocycles. The van der Waals surface area contributed by atoms with Crippen LogP contribution in [0.15, 0.2) is 0 Å². The molecule has 16 heteroatoms. The zero-order valence-electron chi connectivity index (χ0n) is 31.0. The molecular weight excluding hydrogens is 676 g/mol. The minimum atomic E-state index is -0.865. The van der Waals surface area contributed by atoms with E-state index in [1.807, 2.05) is 0 Å². The van der Waals surface area contributed by atoms with Crippen molar-refractivity contribution in [3.05, 3.63) is 0 Å². The quantitative estimate of drug-likeness (QED) is 0.0711. The smallest absolute Gasteiger partial charge is 0.305 e. The number of carboxylic acid groups (broad SMARTS) is 1. The molecule has 0 fully saturated rings. The Hall–Kier alpha value is -1.99. The van der Waals surface area contributed by atoms with E-state index in [1.165, 1.54) is 0 Å². The minimum absolute atomic E-state index is 0.0573. The lowest BCUT2D eigenvalue weighted by molar-refractivity contribution is -0.146. The second-order valence-corrected chi connectivity index (χ2v) is 11.0. The average molecular weight is 743 g/mol. The highest BCUT2D eigenvalue weighted by atomic mass is 16.6. The van der Waals surface area contributed by atoms with E-state index in [0.717, 1.165) is 25.7 Å². The lowest BCUT2D eigenvalue weighted by atomic mass is 10.2.